The van der Waals surface area contributed by atoms with Crippen LogP contribution in [0, 0.1) is 11.8 Å². The second-order valence-corrected chi connectivity index (χ2v) is 7.43. The van der Waals surface area contributed by atoms with Gasteiger partial charge in [0.15, 0.2) is 0 Å². The van der Waals surface area contributed by atoms with Gasteiger partial charge in [0.05, 0.1) is 17.3 Å². The fourth-order valence-electron chi connectivity index (χ4n) is 4.62. The van der Waals surface area contributed by atoms with Crippen molar-refractivity contribution in [1.29, 1.82) is 0 Å². The van der Waals surface area contributed by atoms with Crippen molar-refractivity contribution in [2.45, 2.75) is 70.3 Å². The summed E-state index contributed by atoms with van der Waals surface area (Å²) in [6.45, 7) is 0. The first kappa shape index (κ1) is 15.1. The number of amides is 2. The molecule has 0 bridgehead atoms. The zero-order valence-corrected chi connectivity index (χ0v) is 13.6. The zero-order valence-electron chi connectivity index (χ0n) is 13.6. The highest BCUT2D eigenvalue weighted by Gasteiger charge is 2.42. The molecule has 0 unspecified atom stereocenters. The van der Waals surface area contributed by atoms with Crippen LogP contribution in [0.25, 0.3) is 0 Å². The predicted octanol–water partition coefficient (Wildman–Crippen LogP) is 3.68. The smallest absolute Gasteiger partial charge is 0.266 e. The van der Waals surface area contributed by atoms with Crippen molar-refractivity contribution in [2.75, 3.05) is 0 Å². The quantitative estimate of drug-likeness (QED) is 0.746. The summed E-state index contributed by atoms with van der Waals surface area (Å²) in [7, 11) is 0. The molecular formula is C19H25NO3. The number of carbonyl (C=O) groups excluding carboxylic acids is 2. The summed E-state index contributed by atoms with van der Waals surface area (Å²) in [5.74, 6) is 0.854. The number of fused-ring (bicyclic) bond motifs is 1. The van der Waals surface area contributed by atoms with Crippen molar-refractivity contribution in [3.05, 3.63) is 23.3 Å². The van der Waals surface area contributed by atoms with Crippen molar-refractivity contribution in [3.63, 3.8) is 0 Å². The second-order valence-electron chi connectivity index (χ2n) is 7.43. The van der Waals surface area contributed by atoms with Crippen molar-refractivity contribution >= 4 is 11.8 Å². The third-order valence-corrected chi connectivity index (χ3v) is 5.99. The highest BCUT2D eigenvalue weighted by Crippen LogP contribution is 2.39. The highest BCUT2D eigenvalue weighted by molar-refractivity contribution is 6.23. The molecule has 4 rings (SSSR count). The molecule has 0 aromatic heterocycles. The van der Waals surface area contributed by atoms with Crippen LogP contribution in [0.15, 0.2) is 23.3 Å². The number of carbonyl (C=O) groups is 2. The van der Waals surface area contributed by atoms with Gasteiger partial charge < -0.3 is 0 Å². The Kier molecular flexibility index (Phi) is 4.10. The number of allylic oxidation sites excluding steroid dienone is 2. The minimum Gasteiger partial charge on any atom is -0.266 e. The van der Waals surface area contributed by atoms with Crippen molar-refractivity contribution < 1.29 is 14.4 Å². The van der Waals surface area contributed by atoms with Crippen LogP contribution in [0.4, 0.5) is 0 Å². The molecule has 0 aromatic carbocycles. The van der Waals surface area contributed by atoms with Gasteiger partial charge in [-0.05, 0) is 37.5 Å². The Morgan fingerprint density at radius 1 is 0.783 bits per heavy atom. The molecule has 2 amide bonds. The monoisotopic (exact) mass is 315 g/mol. The summed E-state index contributed by atoms with van der Waals surface area (Å²) >= 11 is 0. The Morgan fingerprint density at radius 3 is 1.87 bits per heavy atom. The summed E-state index contributed by atoms with van der Waals surface area (Å²) < 4.78 is 0. The molecule has 0 atom stereocenters. The third-order valence-electron chi connectivity index (χ3n) is 5.99. The second kappa shape index (κ2) is 6.23. The van der Waals surface area contributed by atoms with Crippen LogP contribution in [0.1, 0.15) is 64.2 Å². The zero-order chi connectivity index (χ0) is 15.8. The molecule has 0 N–H and O–H groups in total. The number of nitrogens with zero attached hydrogens (tertiary/aromatic N) is 1. The summed E-state index contributed by atoms with van der Waals surface area (Å²) in [5, 5.41) is 1.03. The van der Waals surface area contributed by atoms with E-state index < -0.39 is 0 Å². The van der Waals surface area contributed by atoms with E-state index in [4.69, 9.17) is 4.84 Å². The van der Waals surface area contributed by atoms with E-state index in [2.05, 4.69) is 0 Å². The van der Waals surface area contributed by atoms with Crippen LogP contribution in [-0.2, 0) is 14.4 Å². The van der Waals surface area contributed by atoms with Crippen LogP contribution in [0.2, 0.25) is 0 Å². The number of imide groups is 1. The van der Waals surface area contributed by atoms with E-state index in [1.54, 1.807) is 0 Å². The Morgan fingerprint density at radius 2 is 1.30 bits per heavy atom. The van der Waals surface area contributed by atoms with Gasteiger partial charge in [-0.1, -0.05) is 50.7 Å². The van der Waals surface area contributed by atoms with Gasteiger partial charge in [0.25, 0.3) is 11.8 Å². The van der Waals surface area contributed by atoms with Crippen molar-refractivity contribution in [2.24, 2.45) is 11.8 Å². The summed E-state index contributed by atoms with van der Waals surface area (Å²) in [6.07, 6.45) is 15.2. The first-order chi connectivity index (χ1) is 11.2. The highest BCUT2D eigenvalue weighted by atomic mass is 16.7. The van der Waals surface area contributed by atoms with E-state index in [-0.39, 0.29) is 17.9 Å². The Labute approximate surface area is 137 Å². The van der Waals surface area contributed by atoms with Crippen LogP contribution in [0.3, 0.4) is 0 Å². The Bertz CT molecular complexity index is 531. The van der Waals surface area contributed by atoms with E-state index in [1.165, 1.54) is 25.7 Å². The molecule has 3 fully saturated rings. The van der Waals surface area contributed by atoms with E-state index in [0.717, 1.165) is 49.5 Å². The third kappa shape index (κ3) is 2.78. The average molecular weight is 315 g/mol. The van der Waals surface area contributed by atoms with Crippen LogP contribution >= 0.6 is 0 Å². The predicted molar refractivity (Wildman–Crippen MR) is 86.0 cm³/mol. The standard InChI is InChI=1S/C19H25NO3/c21-18-16-11-9-14(13-5-1-2-6-13)10-12-17(16)19(22)20(18)23-15-7-3-4-8-15/h11-15H,1-10H2. The van der Waals surface area contributed by atoms with Crippen LogP contribution in [-0.4, -0.2) is 23.0 Å². The van der Waals surface area contributed by atoms with Gasteiger partial charge in [-0.15, -0.1) is 5.06 Å². The minimum absolute atomic E-state index is 0.0256. The number of rotatable bonds is 3. The molecule has 3 aliphatic carbocycles. The molecule has 4 heteroatoms. The number of hydrogen-bond acceptors (Lipinski definition) is 3. The van der Waals surface area contributed by atoms with Gasteiger partial charge in [-0.2, -0.15) is 0 Å². The molecule has 1 aliphatic heterocycles. The van der Waals surface area contributed by atoms with Crippen molar-refractivity contribution in [3.8, 4) is 0 Å². The molecule has 4 aliphatic rings. The maximum absolute atomic E-state index is 12.6. The fraction of sp³-hybridized carbons (Fsp3) is 0.684. The lowest BCUT2D eigenvalue weighted by Gasteiger charge is -2.20. The minimum atomic E-state index is -0.250. The Hall–Kier alpha value is -1.42. The van der Waals surface area contributed by atoms with Gasteiger partial charge in [0, 0.05) is 0 Å². The van der Waals surface area contributed by atoms with E-state index >= 15 is 0 Å². The molecule has 0 spiro atoms. The van der Waals surface area contributed by atoms with Gasteiger partial charge in [0.1, 0.15) is 0 Å². The topological polar surface area (TPSA) is 46.6 Å². The maximum Gasteiger partial charge on any atom is 0.285 e. The largest absolute Gasteiger partial charge is 0.285 e. The molecule has 2 saturated carbocycles. The van der Waals surface area contributed by atoms with Crippen LogP contribution in [0.5, 0.6) is 0 Å². The van der Waals surface area contributed by atoms with E-state index in [9.17, 15) is 9.59 Å². The number of hydrogen-bond donors (Lipinski definition) is 0. The normalized spacial score (nSPS) is 27.4. The maximum atomic E-state index is 12.6. The molecule has 1 saturated heterocycles. The van der Waals surface area contributed by atoms with Gasteiger partial charge >= 0.3 is 0 Å². The first-order valence-electron chi connectivity index (χ1n) is 9.20. The van der Waals surface area contributed by atoms with Gasteiger partial charge in [-0.3, -0.25) is 14.4 Å². The molecule has 4 nitrogen and oxygen atoms in total. The first-order valence-corrected chi connectivity index (χ1v) is 9.20. The Balaban J connectivity index is 1.50. The molecule has 0 aromatic rings. The lowest BCUT2D eigenvalue weighted by Crippen LogP contribution is -2.33. The molecule has 1 heterocycles. The molecule has 0 radical (unpaired) electrons. The summed E-state index contributed by atoms with van der Waals surface area (Å²) in [5.41, 5.74) is 1.15. The fourth-order valence-corrected chi connectivity index (χ4v) is 4.62. The average Bonchev–Trinajstić information content (AvgIpc) is 3.25. The van der Waals surface area contributed by atoms with Gasteiger partial charge in [0.2, 0.25) is 0 Å². The van der Waals surface area contributed by atoms with E-state index in [1.807, 2.05) is 12.2 Å². The molecule has 23 heavy (non-hydrogen) atoms. The van der Waals surface area contributed by atoms with Gasteiger partial charge in [-0.25, -0.2) is 0 Å². The van der Waals surface area contributed by atoms with Crippen molar-refractivity contribution in [1.82, 2.24) is 5.06 Å². The van der Waals surface area contributed by atoms with Crippen LogP contribution < -0.4 is 0 Å². The lowest BCUT2D eigenvalue weighted by molar-refractivity contribution is -0.199. The molecule has 124 valence electrons. The molecular weight excluding hydrogens is 290 g/mol. The summed E-state index contributed by atoms with van der Waals surface area (Å²) in [4.78, 5) is 30.9. The number of hydroxylamine groups is 2. The SMILES string of the molecule is O=C1C2=CCC(C3CCCC3)CC=C2C(=O)N1OC1CCCC1. The lowest BCUT2D eigenvalue weighted by atomic mass is 9.86. The summed E-state index contributed by atoms with van der Waals surface area (Å²) in [6, 6.07) is 0. The van der Waals surface area contributed by atoms with E-state index in [0.29, 0.717) is 17.1 Å².